The van der Waals surface area contributed by atoms with Crippen molar-refractivity contribution in [1.82, 2.24) is 14.9 Å². The van der Waals surface area contributed by atoms with Crippen LogP contribution in [0.1, 0.15) is 5.69 Å². The number of carbonyl (C=O) groups excluding carboxylic acids is 1. The number of nitrogen functional groups attached to an aromatic ring is 1. The molecule has 0 bridgehead atoms. The fourth-order valence-electron chi connectivity index (χ4n) is 1.24. The van der Waals surface area contributed by atoms with Gasteiger partial charge in [-0.15, -0.1) is 0 Å². The standard InChI is InChI=1S/C10H18N6O/c1-7-5-8(13-10(12-7)14-11)16(4)6-9(17)15(2)3/h5H,6,11H2,1-4H3,(H,12,13,14). The molecule has 0 radical (unpaired) electrons. The van der Waals surface area contributed by atoms with E-state index in [0.29, 0.717) is 11.8 Å². The normalized spacial score (nSPS) is 9.94. The number of nitrogens with two attached hydrogens (primary N) is 1. The summed E-state index contributed by atoms with van der Waals surface area (Å²) in [5, 5.41) is 0. The van der Waals surface area contributed by atoms with Crippen molar-refractivity contribution in [1.29, 1.82) is 0 Å². The predicted molar refractivity (Wildman–Crippen MR) is 66.5 cm³/mol. The van der Waals surface area contributed by atoms with Crippen molar-refractivity contribution < 1.29 is 4.79 Å². The molecule has 3 N–H and O–H groups in total. The molecule has 0 aliphatic heterocycles. The van der Waals surface area contributed by atoms with Gasteiger partial charge >= 0.3 is 0 Å². The summed E-state index contributed by atoms with van der Waals surface area (Å²) in [5.41, 5.74) is 3.18. The molecule has 0 aliphatic carbocycles. The van der Waals surface area contributed by atoms with Gasteiger partial charge in [-0.2, -0.15) is 4.98 Å². The van der Waals surface area contributed by atoms with Gasteiger partial charge in [-0.05, 0) is 6.92 Å². The molecule has 1 amide bonds. The number of aromatic nitrogens is 2. The Morgan fingerprint density at radius 3 is 2.59 bits per heavy atom. The predicted octanol–water partition coefficient (Wildman–Crippen LogP) is -0.405. The van der Waals surface area contributed by atoms with Gasteiger partial charge < -0.3 is 9.80 Å². The van der Waals surface area contributed by atoms with Crippen molar-refractivity contribution in [2.24, 2.45) is 5.84 Å². The van der Waals surface area contributed by atoms with Gasteiger partial charge in [0.2, 0.25) is 11.9 Å². The van der Waals surface area contributed by atoms with Gasteiger partial charge in [-0.25, -0.2) is 10.8 Å². The maximum absolute atomic E-state index is 11.6. The number of nitrogens with one attached hydrogen (secondary N) is 1. The summed E-state index contributed by atoms with van der Waals surface area (Å²) in [7, 11) is 5.23. The highest BCUT2D eigenvalue weighted by Crippen LogP contribution is 2.12. The lowest BCUT2D eigenvalue weighted by atomic mass is 10.4. The molecule has 7 heteroatoms. The number of hydrazine groups is 1. The molecule has 0 saturated carbocycles. The van der Waals surface area contributed by atoms with E-state index in [-0.39, 0.29) is 12.5 Å². The highest BCUT2D eigenvalue weighted by molar-refractivity contribution is 5.80. The maximum atomic E-state index is 11.6. The molecular weight excluding hydrogens is 220 g/mol. The molecule has 1 rings (SSSR count). The molecule has 1 heterocycles. The van der Waals surface area contributed by atoms with E-state index in [2.05, 4.69) is 15.4 Å². The lowest BCUT2D eigenvalue weighted by molar-refractivity contribution is -0.127. The van der Waals surface area contributed by atoms with E-state index in [0.717, 1.165) is 5.69 Å². The van der Waals surface area contributed by atoms with E-state index >= 15 is 0 Å². The SMILES string of the molecule is Cc1cc(N(C)CC(=O)N(C)C)nc(NN)n1. The minimum Gasteiger partial charge on any atom is -0.350 e. The van der Waals surface area contributed by atoms with E-state index < -0.39 is 0 Å². The number of likely N-dealkylation sites (N-methyl/N-ethyl adjacent to an activating group) is 2. The monoisotopic (exact) mass is 238 g/mol. The number of hydrogen-bond donors (Lipinski definition) is 2. The second kappa shape index (κ2) is 5.44. The fourth-order valence-corrected chi connectivity index (χ4v) is 1.24. The average molecular weight is 238 g/mol. The first-order valence-corrected chi connectivity index (χ1v) is 5.17. The van der Waals surface area contributed by atoms with E-state index in [4.69, 9.17) is 5.84 Å². The largest absolute Gasteiger partial charge is 0.350 e. The Morgan fingerprint density at radius 1 is 1.41 bits per heavy atom. The Labute approximate surface area is 101 Å². The molecular formula is C10H18N6O. The molecule has 0 unspecified atom stereocenters. The number of hydrogen-bond acceptors (Lipinski definition) is 6. The Bertz CT molecular complexity index is 406. The van der Waals surface area contributed by atoms with E-state index in [1.54, 1.807) is 32.1 Å². The van der Waals surface area contributed by atoms with Crippen molar-refractivity contribution in [2.45, 2.75) is 6.92 Å². The van der Waals surface area contributed by atoms with Gasteiger partial charge in [-0.3, -0.25) is 10.2 Å². The Morgan fingerprint density at radius 2 is 2.06 bits per heavy atom. The summed E-state index contributed by atoms with van der Waals surface area (Å²) >= 11 is 0. The van der Waals surface area contributed by atoms with Crippen LogP contribution >= 0.6 is 0 Å². The lowest BCUT2D eigenvalue weighted by Crippen LogP contribution is -2.34. The van der Waals surface area contributed by atoms with Crippen LogP contribution in [-0.4, -0.2) is 48.5 Å². The topological polar surface area (TPSA) is 87.4 Å². The second-order valence-corrected chi connectivity index (χ2v) is 3.98. The summed E-state index contributed by atoms with van der Waals surface area (Å²) in [6, 6.07) is 1.80. The Kier molecular flexibility index (Phi) is 4.22. The number of carbonyl (C=O) groups is 1. The van der Waals surface area contributed by atoms with E-state index in [1.807, 2.05) is 6.92 Å². The summed E-state index contributed by atoms with van der Waals surface area (Å²) in [6.07, 6.45) is 0. The minimum atomic E-state index is 0.00558. The lowest BCUT2D eigenvalue weighted by Gasteiger charge is -2.20. The van der Waals surface area contributed by atoms with Crippen LogP contribution in [0.4, 0.5) is 11.8 Å². The number of amides is 1. The van der Waals surface area contributed by atoms with Gasteiger partial charge in [-0.1, -0.05) is 0 Å². The van der Waals surface area contributed by atoms with Crippen LogP contribution in [0.5, 0.6) is 0 Å². The second-order valence-electron chi connectivity index (χ2n) is 3.98. The van der Waals surface area contributed by atoms with Crippen LogP contribution in [0.15, 0.2) is 6.07 Å². The molecule has 17 heavy (non-hydrogen) atoms. The highest BCUT2D eigenvalue weighted by atomic mass is 16.2. The third kappa shape index (κ3) is 3.56. The zero-order valence-electron chi connectivity index (χ0n) is 10.6. The molecule has 7 nitrogen and oxygen atoms in total. The Balaban J connectivity index is 2.84. The van der Waals surface area contributed by atoms with Crippen LogP contribution < -0.4 is 16.2 Å². The molecule has 0 aromatic carbocycles. The number of aryl methyl sites for hydroxylation is 1. The first kappa shape index (κ1) is 13.2. The van der Waals surface area contributed by atoms with Crippen molar-refractivity contribution in [3.63, 3.8) is 0 Å². The molecule has 1 aromatic rings. The molecule has 94 valence electrons. The van der Waals surface area contributed by atoms with Crippen molar-refractivity contribution in [2.75, 3.05) is 38.0 Å². The number of anilines is 2. The van der Waals surface area contributed by atoms with Gasteiger partial charge in [0.1, 0.15) is 5.82 Å². The summed E-state index contributed by atoms with van der Waals surface area (Å²) in [6.45, 7) is 2.10. The summed E-state index contributed by atoms with van der Waals surface area (Å²) in [4.78, 5) is 23.1. The van der Waals surface area contributed by atoms with Crippen molar-refractivity contribution in [3.8, 4) is 0 Å². The number of nitrogens with zero attached hydrogens (tertiary/aromatic N) is 4. The third-order valence-electron chi connectivity index (χ3n) is 2.23. The molecule has 0 aliphatic rings. The van der Waals surface area contributed by atoms with Crippen LogP contribution in [-0.2, 0) is 4.79 Å². The first-order chi connectivity index (χ1) is 7.93. The average Bonchev–Trinajstić information content (AvgIpc) is 2.27. The van der Waals surface area contributed by atoms with E-state index in [1.165, 1.54) is 4.90 Å². The molecule has 0 saturated heterocycles. The molecule has 1 aromatic heterocycles. The zero-order valence-corrected chi connectivity index (χ0v) is 10.6. The quantitative estimate of drug-likeness (QED) is 0.548. The minimum absolute atomic E-state index is 0.00558. The zero-order chi connectivity index (χ0) is 13.0. The first-order valence-electron chi connectivity index (χ1n) is 5.17. The smallest absolute Gasteiger partial charge is 0.241 e. The maximum Gasteiger partial charge on any atom is 0.241 e. The van der Waals surface area contributed by atoms with Gasteiger partial charge in [0.05, 0.1) is 6.54 Å². The van der Waals surface area contributed by atoms with Crippen LogP contribution in [0.3, 0.4) is 0 Å². The Hall–Kier alpha value is -1.89. The van der Waals surface area contributed by atoms with Gasteiger partial charge in [0, 0.05) is 32.9 Å². The summed E-state index contributed by atoms with van der Waals surface area (Å²) < 4.78 is 0. The molecule has 0 spiro atoms. The fraction of sp³-hybridized carbons (Fsp3) is 0.500. The third-order valence-corrected chi connectivity index (χ3v) is 2.23. The molecule has 0 fully saturated rings. The van der Waals surface area contributed by atoms with Crippen LogP contribution in [0.25, 0.3) is 0 Å². The number of rotatable bonds is 4. The van der Waals surface area contributed by atoms with E-state index in [9.17, 15) is 4.79 Å². The van der Waals surface area contributed by atoms with Gasteiger partial charge in [0.25, 0.3) is 0 Å². The van der Waals surface area contributed by atoms with Gasteiger partial charge in [0.15, 0.2) is 0 Å². The molecule has 0 atom stereocenters. The van der Waals surface area contributed by atoms with Crippen molar-refractivity contribution >= 4 is 17.7 Å². The van der Waals surface area contributed by atoms with Crippen LogP contribution in [0.2, 0.25) is 0 Å². The highest BCUT2D eigenvalue weighted by Gasteiger charge is 2.11. The van der Waals surface area contributed by atoms with Crippen molar-refractivity contribution in [3.05, 3.63) is 11.8 Å². The summed E-state index contributed by atoms with van der Waals surface area (Å²) in [5.74, 6) is 6.26. The van der Waals surface area contributed by atoms with Crippen LogP contribution in [0, 0.1) is 6.92 Å².